The monoisotopic (exact) mass is 196 g/mol. The van der Waals surface area contributed by atoms with Crippen LogP contribution in [0.5, 0.6) is 0 Å². The van der Waals surface area contributed by atoms with Crippen LogP contribution in [0.3, 0.4) is 0 Å². The zero-order valence-corrected chi connectivity index (χ0v) is 8.78. The molecule has 1 aromatic heterocycles. The van der Waals surface area contributed by atoms with Crippen LogP contribution in [0.2, 0.25) is 0 Å². The molecule has 1 aromatic rings. The molecule has 0 atom stereocenters. The van der Waals surface area contributed by atoms with Crippen molar-refractivity contribution in [2.75, 3.05) is 0 Å². The molecule has 0 saturated heterocycles. The Morgan fingerprint density at radius 2 is 2.14 bits per heavy atom. The van der Waals surface area contributed by atoms with Gasteiger partial charge in [-0.25, -0.2) is 0 Å². The highest BCUT2D eigenvalue weighted by atomic mass is 16.4. The minimum Gasteiger partial charge on any atom is -0.459 e. The molecule has 0 aromatic carbocycles. The molecule has 0 radical (unpaired) electrons. The van der Waals surface area contributed by atoms with Crippen molar-refractivity contribution in [3.05, 3.63) is 29.7 Å². The van der Waals surface area contributed by atoms with Crippen LogP contribution in [0, 0.1) is 0 Å². The van der Waals surface area contributed by atoms with Gasteiger partial charge in [-0.15, -0.1) is 0 Å². The summed E-state index contributed by atoms with van der Waals surface area (Å²) in [4.78, 5) is 10.5. The molecule has 0 saturated carbocycles. The van der Waals surface area contributed by atoms with Gasteiger partial charge in [-0.2, -0.15) is 0 Å². The van der Waals surface area contributed by atoms with Crippen LogP contribution < -0.4 is 0 Å². The summed E-state index contributed by atoms with van der Waals surface area (Å²) in [6.45, 7) is 5.35. The molecule has 3 nitrogen and oxygen atoms in total. The second-order valence-electron chi connectivity index (χ2n) is 2.41. The zero-order valence-electron chi connectivity index (χ0n) is 8.78. The second kappa shape index (κ2) is 7.09. The smallest absolute Gasteiger partial charge is 0.152 e. The Balaban J connectivity index is 0.000000791. The van der Waals surface area contributed by atoms with Crippen molar-refractivity contribution < 1.29 is 14.3 Å². The van der Waals surface area contributed by atoms with Gasteiger partial charge in [0.15, 0.2) is 5.78 Å². The van der Waals surface area contributed by atoms with Crippen molar-refractivity contribution in [2.24, 2.45) is 0 Å². The summed E-state index contributed by atoms with van der Waals surface area (Å²) < 4.78 is 5.09. The predicted molar refractivity (Wildman–Crippen MR) is 55.7 cm³/mol. The standard InChI is InChI=1S/C9H10O3.C2H6/c1-7(11)2-3-8-4-5-9(6-10)12-8;1-2/h2-5,10H,6H2,1H3;1-2H3/b3-2+;. The molecule has 0 unspecified atom stereocenters. The molecule has 1 N–H and O–H groups in total. The largest absolute Gasteiger partial charge is 0.459 e. The average Bonchev–Trinajstić information content (AvgIpc) is 2.65. The molecule has 1 heterocycles. The third kappa shape index (κ3) is 4.62. The molecular formula is C11H16O3. The van der Waals surface area contributed by atoms with Gasteiger partial charge in [0.05, 0.1) is 0 Å². The molecule has 0 fully saturated rings. The molecular weight excluding hydrogens is 180 g/mol. The number of carbonyl (C=O) groups is 1. The van der Waals surface area contributed by atoms with Gasteiger partial charge in [0.25, 0.3) is 0 Å². The van der Waals surface area contributed by atoms with Crippen molar-refractivity contribution in [3.63, 3.8) is 0 Å². The van der Waals surface area contributed by atoms with Crippen LogP contribution in [-0.4, -0.2) is 10.9 Å². The van der Waals surface area contributed by atoms with E-state index in [-0.39, 0.29) is 12.4 Å². The molecule has 0 aliphatic carbocycles. The SMILES string of the molecule is CC.CC(=O)/C=C/c1ccc(CO)o1. The Labute approximate surface area is 84.1 Å². The maximum Gasteiger partial charge on any atom is 0.152 e. The lowest BCUT2D eigenvalue weighted by atomic mass is 10.3. The summed E-state index contributed by atoms with van der Waals surface area (Å²) >= 11 is 0. The summed E-state index contributed by atoms with van der Waals surface area (Å²) in [6.07, 6.45) is 2.99. The molecule has 3 heteroatoms. The Morgan fingerprint density at radius 3 is 2.57 bits per heavy atom. The third-order valence-electron chi connectivity index (χ3n) is 1.32. The summed E-state index contributed by atoms with van der Waals surface area (Å²) in [7, 11) is 0. The highest BCUT2D eigenvalue weighted by Crippen LogP contribution is 2.08. The van der Waals surface area contributed by atoms with E-state index in [4.69, 9.17) is 9.52 Å². The first-order valence-corrected chi connectivity index (χ1v) is 4.60. The van der Waals surface area contributed by atoms with E-state index in [2.05, 4.69) is 0 Å². The quantitative estimate of drug-likeness (QED) is 0.755. The van der Waals surface area contributed by atoms with Gasteiger partial charge in [0.1, 0.15) is 18.1 Å². The molecule has 1 rings (SSSR count). The zero-order chi connectivity index (χ0) is 11.0. The van der Waals surface area contributed by atoms with Crippen molar-refractivity contribution >= 4 is 11.9 Å². The van der Waals surface area contributed by atoms with E-state index in [1.54, 1.807) is 18.2 Å². The topological polar surface area (TPSA) is 50.4 Å². The first kappa shape index (κ1) is 12.7. The van der Waals surface area contributed by atoms with Crippen LogP contribution in [0.1, 0.15) is 32.3 Å². The van der Waals surface area contributed by atoms with Gasteiger partial charge in [-0.05, 0) is 31.2 Å². The fraction of sp³-hybridized carbons (Fsp3) is 0.364. The van der Waals surface area contributed by atoms with Gasteiger partial charge >= 0.3 is 0 Å². The van der Waals surface area contributed by atoms with E-state index in [0.717, 1.165) is 0 Å². The third-order valence-corrected chi connectivity index (χ3v) is 1.32. The Kier molecular flexibility index (Phi) is 6.41. The minimum atomic E-state index is -0.117. The number of furan rings is 1. The van der Waals surface area contributed by atoms with Gasteiger partial charge in [-0.3, -0.25) is 4.79 Å². The van der Waals surface area contributed by atoms with Crippen molar-refractivity contribution in [1.29, 1.82) is 0 Å². The number of allylic oxidation sites excluding steroid dienone is 1. The molecule has 0 spiro atoms. The minimum absolute atomic E-state index is 0.0306. The van der Waals surface area contributed by atoms with Crippen LogP contribution in [0.15, 0.2) is 22.6 Å². The molecule has 0 aliphatic rings. The predicted octanol–water partition coefficient (Wildman–Crippen LogP) is 2.40. The fourth-order valence-corrected chi connectivity index (χ4v) is 0.769. The van der Waals surface area contributed by atoms with Gasteiger partial charge in [-0.1, -0.05) is 13.8 Å². The van der Waals surface area contributed by atoms with E-state index < -0.39 is 0 Å². The number of aliphatic hydroxyl groups is 1. The maximum absolute atomic E-state index is 10.5. The molecule has 14 heavy (non-hydrogen) atoms. The molecule has 0 amide bonds. The highest BCUT2D eigenvalue weighted by molar-refractivity contribution is 5.91. The maximum atomic E-state index is 10.5. The van der Waals surface area contributed by atoms with E-state index in [9.17, 15) is 4.79 Å². The van der Waals surface area contributed by atoms with Gasteiger partial charge in [0, 0.05) is 0 Å². The van der Waals surface area contributed by atoms with Gasteiger partial charge in [0.2, 0.25) is 0 Å². The molecule has 78 valence electrons. The summed E-state index contributed by atoms with van der Waals surface area (Å²) in [6, 6.07) is 3.37. The summed E-state index contributed by atoms with van der Waals surface area (Å²) in [5, 5.41) is 8.64. The lowest BCUT2D eigenvalue weighted by Gasteiger charge is -1.85. The molecule has 0 bridgehead atoms. The van der Waals surface area contributed by atoms with Crippen LogP contribution in [-0.2, 0) is 11.4 Å². The van der Waals surface area contributed by atoms with Crippen LogP contribution >= 0.6 is 0 Å². The molecule has 0 aliphatic heterocycles. The van der Waals surface area contributed by atoms with Crippen molar-refractivity contribution in [2.45, 2.75) is 27.4 Å². The summed E-state index contributed by atoms with van der Waals surface area (Å²) in [5.41, 5.74) is 0. The van der Waals surface area contributed by atoms with Crippen LogP contribution in [0.4, 0.5) is 0 Å². The van der Waals surface area contributed by atoms with E-state index >= 15 is 0 Å². The Bertz CT molecular complexity index is 297. The van der Waals surface area contributed by atoms with E-state index in [1.807, 2.05) is 13.8 Å². The highest BCUT2D eigenvalue weighted by Gasteiger charge is 1.96. The Hall–Kier alpha value is -1.35. The number of rotatable bonds is 3. The lowest BCUT2D eigenvalue weighted by Crippen LogP contribution is -1.78. The second-order valence-corrected chi connectivity index (χ2v) is 2.41. The Morgan fingerprint density at radius 1 is 1.50 bits per heavy atom. The number of carbonyl (C=O) groups excluding carboxylic acids is 1. The average molecular weight is 196 g/mol. The first-order valence-electron chi connectivity index (χ1n) is 4.60. The fourth-order valence-electron chi connectivity index (χ4n) is 0.769. The van der Waals surface area contributed by atoms with Gasteiger partial charge < -0.3 is 9.52 Å². The normalized spacial score (nSPS) is 9.71. The number of ketones is 1. The van der Waals surface area contributed by atoms with Crippen molar-refractivity contribution in [3.8, 4) is 0 Å². The van der Waals surface area contributed by atoms with Crippen LogP contribution in [0.25, 0.3) is 6.08 Å². The number of hydrogen-bond acceptors (Lipinski definition) is 3. The van der Waals surface area contributed by atoms with E-state index in [0.29, 0.717) is 11.5 Å². The lowest BCUT2D eigenvalue weighted by molar-refractivity contribution is -0.112. The van der Waals surface area contributed by atoms with E-state index in [1.165, 1.54) is 13.0 Å². The summed E-state index contributed by atoms with van der Waals surface area (Å²) in [5.74, 6) is 1.05. The van der Waals surface area contributed by atoms with Crippen molar-refractivity contribution in [1.82, 2.24) is 0 Å². The number of hydrogen-bond donors (Lipinski definition) is 1. The first-order chi connectivity index (χ1) is 6.72. The number of aliphatic hydroxyl groups excluding tert-OH is 1.